The van der Waals surface area contributed by atoms with Crippen LogP contribution in [-0.4, -0.2) is 5.96 Å². The fraction of sp³-hybridized carbons (Fsp3) is 0. The molecule has 0 atom stereocenters. The molecule has 0 aliphatic heterocycles. The van der Waals surface area contributed by atoms with Gasteiger partial charge >= 0.3 is 0 Å². The summed E-state index contributed by atoms with van der Waals surface area (Å²) in [5, 5.41) is 3.02. The van der Waals surface area contributed by atoms with Crippen LogP contribution in [0.25, 0.3) is 0 Å². The van der Waals surface area contributed by atoms with Gasteiger partial charge in [-0.15, -0.1) is 0 Å². The second kappa shape index (κ2) is 6.70. The summed E-state index contributed by atoms with van der Waals surface area (Å²) < 4.78 is 0. The standard InChI is InChI=1S/C13H13N3.BrH/c14-13(15-11-7-3-1-4-8-11)16-12-9-5-2-6-10-12;/h1-10H,(H3,14,15,16);1H/p-1. The van der Waals surface area contributed by atoms with E-state index in [4.69, 9.17) is 5.73 Å². The van der Waals surface area contributed by atoms with Crippen LogP contribution < -0.4 is 28.0 Å². The fourth-order valence-corrected chi connectivity index (χ4v) is 1.34. The predicted octanol–water partition coefficient (Wildman–Crippen LogP) is -0.251. The van der Waals surface area contributed by atoms with Crippen LogP contribution in [-0.2, 0) is 0 Å². The van der Waals surface area contributed by atoms with Crippen molar-refractivity contribution in [1.82, 2.24) is 0 Å². The average molecular weight is 291 g/mol. The van der Waals surface area contributed by atoms with Gasteiger partial charge < -0.3 is 28.0 Å². The third-order valence-corrected chi connectivity index (χ3v) is 2.05. The van der Waals surface area contributed by atoms with E-state index < -0.39 is 0 Å². The largest absolute Gasteiger partial charge is 1.00 e. The Hall–Kier alpha value is -1.81. The van der Waals surface area contributed by atoms with E-state index in [1.165, 1.54) is 0 Å². The minimum absolute atomic E-state index is 0. The molecule has 0 bridgehead atoms. The Labute approximate surface area is 111 Å². The van der Waals surface area contributed by atoms with Crippen molar-refractivity contribution >= 4 is 17.3 Å². The number of nitrogens with one attached hydrogen (secondary N) is 1. The number of para-hydroxylation sites is 2. The lowest BCUT2D eigenvalue weighted by molar-refractivity contribution is -0.00000338. The van der Waals surface area contributed by atoms with Gasteiger partial charge in [0.1, 0.15) is 0 Å². The highest BCUT2D eigenvalue weighted by atomic mass is 79.9. The molecule has 0 unspecified atom stereocenters. The summed E-state index contributed by atoms with van der Waals surface area (Å²) in [6.07, 6.45) is 0. The number of nitrogens with zero attached hydrogens (tertiary/aromatic N) is 1. The summed E-state index contributed by atoms with van der Waals surface area (Å²) in [5.74, 6) is 0.386. The van der Waals surface area contributed by atoms with Crippen molar-refractivity contribution in [1.29, 1.82) is 0 Å². The van der Waals surface area contributed by atoms with Crippen LogP contribution in [0.15, 0.2) is 65.7 Å². The number of guanidine groups is 1. The molecule has 0 aliphatic carbocycles. The first-order valence-electron chi connectivity index (χ1n) is 5.06. The van der Waals surface area contributed by atoms with Gasteiger partial charge in [-0.2, -0.15) is 0 Å². The summed E-state index contributed by atoms with van der Waals surface area (Å²) in [4.78, 5) is 4.24. The van der Waals surface area contributed by atoms with Gasteiger partial charge in [-0.3, -0.25) is 0 Å². The van der Waals surface area contributed by atoms with E-state index >= 15 is 0 Å². The van der Waals surface area contributed by atoms with Crippen molar-refractivity contribution in [2.24, 2.45) is 10.7 Å². The molecule has 88 valence electrons. The van der Waals surface area contributed by atoms with Crippen LogP contribution in [0.5, 0.6) is 0 Å². The highest BCUT2D eigenvalue weighted by Gasteiger charge is 1.93. The van der Waals surface area contributed by atoms with Gasteiger partial charge in [0, 0.05) is 5.69 Å². The highest BCUT2D eigenvalue weighted by molar-refractivity contribution is 5.93. The van der Waals surface area contributed by atoms with Gasteiger partial charge in [0.15, 0.2) is 5.96 Å². The minimum Gasteiger partial charge on any atom is -1.00 e. The average Bonchev–Trinajstić information content (AvgIpc) is 2.31. The highest BCUT2D eigenvalue weighted by Crippen LogP contribution is 2.10. The fourth-order valence-electron chi connectivity index (χ4n) is 1.34. The third kappa shape index (κ3) is 4.28. The van der Waals surface area contributed by atoms with Crippen LogP contribution in [0, 0.1) is 0 Å². The second-order valence-electron chi connectivity index (χ2n) is 3.32. The smallest absolute Gasteiger partial charge is 0.198 e. The summed E-state index contributed by atoms with van der Waals surface area (Å²) in [7, 11) is 0. The van der Waals surface area contributed by atoms with Gasteiger partial charge in [0.25, 0.3) is 0 Å². The van der Waals surface area contributed by atoms with Crippen LogP contribution in [0.1, 0.15) is 0 Å². The molecule has 17 heavy (non-hydrogen) atoms. The molecule has 0 amide bonds. The Morgan fingerprint density at radius 2 is 1.41 bits per heavy atom. The maximum atomic E-state index is 5.78. The zero-order valence-corrected chi connectivity index (χ0v) is 10.8. The van der Waals surface area contributed by atoms with Crippen LogP contribution in [0.2, 0.25) is 0 Å². The zero-order chi connectivity index (χ0) is 11.2. The van der Waals surface area contributed by atoms with E-state index in [-0.39, 0.29) is 17.0 Å². The van der Waals surface area contributed by atoms with E-state index in [9.17, 15) is 0 Å². The quantitative estimate of drug-likeness (QED) is 0.592. The molecule has 4 heteroatoms. The minimum atomic E-state index is 0. The number of anilines is 1. The van der Waals surface area contributed by atoms with E-state index in [0.717, 1.165) is 11.4 Å². The normalized spacial score (nSPS) is 10.5. The summed E-state index contributed by atoms with van der Waals surface area (Å²) in [5.41, 5.74) is 7.54. The second-order valence-corrected chi connectivity index (χ2v) is 3.32. The first-order valence-corrected chi connectivity index (χ1v) is 5.06. The number of aliphatic imine (C=N–C) groups is 1. The third-order valence-electron chi connectivity index (χ3n) is 2.05. The van der Waals surface area contributed by atoms with E-state index in [1.54, 1.807) is 0 Å². The number of nitrogens with two attached hydrogens (primary N) is 1. The molecular formula is C13H13BrN3-. The Bertz CT molecular complexity index is 469. The molecule has 2 rings (SSSR count). The molecule has 2 aromatic rings. The molecule has 3 nitrogen and oxygen atoms in total. The van der Waals surface area contributed by atoms with Crippen molar-refractivity contribution in [3.05, 3.63) is 60.7 Å². The number of benzene rings is 2. The molecule has 3 N–H and O–H groups in total. The lowest BCUT2D eigenvalue weighted by Gasteiger charge is -2.04. The molecule has 0 aromatic heterocycles. The van der Waals surface area contributed by atoms with Crippen molar-refractivity contribution in [3.63, 3.8) is 0 Å². The lowest BCUT2D eigenvalue weighted by Crippen LogP contribution is -3.00. The topological polar surface area (TPSA) is 50.4 Å². The molecule has 0 fully saturated rings. The van der Waals surface area contributed by atoms with Gasteiger partial charge in [0.2, 0.25) is 0 Å². The SMILES string of the molecule is NC(=Nc1ccccc1)Nc1ccccc1.[Br-]. The number of rotatable bonds is 2. The molecule has 0 aliphatic rings. The summed E-state index contributed by atoms with van der Waals surface area (Å²) >= 11 is 0. The monoisotopic (exact) mass is 290 g/mol. The van der Waals surface area contributed by atoms with E-state index in [1.807, 2.05) is 60.7 Å². The van der Waals surface area contributed by atoms with E-state index in [0.29, 0.717) is 5.96 Å². The predicted molar refractivity (Wildman–Crippen MR) is 67.8 cm³/mol. The zero-order valence-electron chi connectivity index (χ0n) is 9.18. The van der Waals surface area contributed by atoms with Gasteiger partial charge in [-0.25, -0.2) is 4.99 Å². The summed E-state index contributed by atoms with van der Waals surface area (Å²) in [6, 6.07) is 19.3. The Morgan fingerprint density at radius 3 is 2.00 bits per heavy atom. The van der Waals surface area contributed by atoms with Crippen LogP contribution >= 0.6 is 0 Å². The molecule has 0 saturated heterocycles. The van der Waals surface area contributed by atoms with Crippen molar-refractivity contribution in [3.8, 4) is 0 Å². The lowest BCUT2D eigenvalue weighted by atomic mass is 10.3. The molecular weight excluding hydrogens is 278 g/mol. The summed E-state index contributed by atoms with van der Waals surface area (Å²) in [6.45, 7) is 0. The molecule has 0 heterocycles. The van der Waals surface area contributed by atoms with Gasteiger partial charge in [0.05, 0.1) is 5.69 Å². The Morgan fingerprint density at radius 1 is 0.882 bits per heavy atom. The van der Waals surface area contributed by atoms with Crippen molar-refractivity contribution < 1.29 is 17.0 Å². The number of hydrogen-bond acceptors (Lipinski definition) is 1. The number of hydrogen-bond donors (Lipinski definition) is 2. The van der Waals surface area contributed by atoms with Crippen molar-refractivity contribution in [2.45, 2.75) is 0 Å². The molecule has 0 saturated carbocycles. The molecule has 2 aromatic carbocycles. The first kappa shape index (κ1) is 13.3. The van der Waals surface area contributed by atoms with Crippen molar-refractivity contribution in [2.75, 3.05) is 5.32 Å². The molecule has 0 spiro atoms. The first-order chi connectivity index (χ1) is 7.84. The molecule has 0 radical (unpaired) electrons. The maximum Gasteiger partial charge on any atom is 0.198 e. The maximum absolute atomic E-state index is 5.78. The van der Waals surface area contributed by atoms with Crippen LogP contribution in [0.4, 0.5) is 11.4 Å². The Balaban J connectivity index is 0.00000144. The van der Waals surface area contributed by atoms with Gasteiger partial charge in [-0.1, -0.05) is 36.4 Å². The van der Waals surface area contributed by atoms with Crippen LogP contribution in [0.3, 0.4) is 0 Å². The van der Waals surface area contributed by atoms with Gasteiger partial charge in [-0.05, 0) is 24.3 Å². The Kier molecular flexibility index (Phi) is 5.23. The van der Waals surface area contributed by atoms with E-state index in [2.05, 4.69) is 10.3 Å². The number of halogens is 1.